The minimum atomic E-state index is -0.326. The normalized spacial score (nSPS) is 26.4. The van der Waals surface area contributed by atoms with E-state index < -0.39 is 0 Å². The smallest absolute Gasteiger partial charge is 0.269 e. The van der Waals surface area contributed by atoms with Crippen molar-refractivity contribution in [2.24, 2.45) is 11.8 Å². The van der Waals surface area contributed by atoms with Crippen LogP contribution in [0.4, 0.5) is 5.69 Å². The lowest BCUT2D eigenvalue weighted by molar-refractivity contribution is -0.384. The number of nitro benzene ring substituents is 1. The first-order valence-corrected chi connectivity index (χ1v) is 7.69. The highest BCUT2D eigenvalue weighted by Gasteiger charge is 2.34. The van der Waals surface area contributed by atoms with Gasteiger partial charge in [-0.15, -0.1) is 0 Å². The van der Waals surface area contributed by atoms with Crippen molar-refractivity contribution in [2.75, 3.05) is 0 Å². The van der Waals surface area contributed by atoms with E-state index in [2.05, 4.69) is 5.32 Å². The molecule has 4 nitrogen and oxygen atoms in total. The predicted molar refractivity (Wildman–Crippen MR) is 78.4 cm³/mol. The van der Waals surface area contributed by atoms with Crippen LogP contribution in [0.1, 0.15) is 44.1 Å². The quantitative estimate of drug-likeness (QED) is 0.658. The summed E-state index contributed by atoms with van der Waals surface area (Å²) in [6.07, 6.45) is 8.13. The third-order valence-corrected chi connectivity index (χ3v) is 4.72. The van der Waals surface area contributed by atoms with Gasteiger partial charge < -0.3 is 5.32 Å². The molecule has 0 radical (unpaired) electrons. The number of nitrogens with one attached hydrogen (secondary N) is 1. The maximum absolute atomic E-state index is 10.8. The largest absolute Gasteiger partial charge is 0.310 e. The lowest BCUT2D eigenvalue weighted by Crippen LogP contribution is -2.34. The average molecular weight is 274 g/mol. The third kappa shape index (κ3) is 3.37. The Morgan fingerprint density at radius 3 is 2.80 bits per heavy atom. The molecule has 108 valence electrons. The van der Waals surface area contributed by atoms with Gasteiger partial charge in [0.25, 0.3) is 5.69 Å². The number of hydrogen-bond acceptors (Lipinski definition) is 3. The van der Waals surface area contributed by atoms with Crippen LogP contribution in [-0.4, -0.2) is 11.0 Å². The minimum Gasteiger partial charge on any atom is -0.310 e. The van der Waals surface area contributed by atoms with E-state index in [0.717, 1.165) is 23.9 Å². The Labute approximate surface area is 119 Å². The molecule has 0 spiro atoms. The van der Waals surface area contributed by atoms with E-state index in [1.165, 1.54) is 38.5 Å². The van der Waals surface area contributed by atoms with Gasteiger partial charge in [0.05, 0.1) is 4.92 Å². The molecule has 0 aromatic heterocycles. The van der Waals surface area contributed by atoms with E-state index in [-0.39, 0.29) is 10.6 Å². The summed E-state index contributed by atoms with van der Waals surface area (Å²) in [7, 11) is 0. The van der Waals surface area contributed by atoms with Gasteiger partial charge >= 0.3 is 0 Å². The van der Waals surface area contributed by atoms with Gasteiger partial charge in [-0.3, -0.25) is 10.1 Å². The summed E-state index contributed by atoms with van der Waals surface area (Å²) in [5, 5.41) is 14.4. The zero-order valence-electron chi connectivity index (χ0n) is 11.8. The Bertz CT molecular complexity index is 485. The van der Waals surface area contributed by atoms with Crippen LogP contribution in [0.25, 0.3) is 0 Å². The lowest BCUT2D eigenvalue weighted by atomic mass is 9.82. The standard InChI is InChI=1S/C16H22N2O2/c19-18(20)16-6-1-3-12(9-16)11-17-15-5-2-4-14(10-15)13-7-8-13/h1,3,6,9,13-15,17H,2,4-5,7-8,10-11H2. The Hall–Kier alpha value is -1.42. The first-order valence-electron chi connectivity index (χ1n) is 7.69. The predicted octanol–water partition coefficient (Wildman–Crippen LogP) is 3.65. The number of benzene rings is 1. The van der Waals surface area contributed by atoms with Gasteiger partial charge in [-0.25, -0.2) is 0 Å². The molecule has 0 heterocycles. The van der Waals surface area contributed by atoms with Crippen LogP contribution in [-0.2, 0) is 6.54 Å². The summed E-state index contributed by atoms with van der Waals surface area (Å²) in [5.41, 5.74) is 1.19. The molecule has 0 saturated heterocycles. The fourth-order valence-corrected chi connectivity index (χ4v) is 3.45. The molecule has 2 aliphatic rings. The van der Waals surface area contributed by atoms with Crippen LogP contribution in [0, 0.1) is 22.0 Å². The van der Waals surface area contributed by atoms with Crippen LogP contribution < -0.4 is 5.32 Å². The fraction of sp³-hybridized carbons (Fsp3) is 0.625. The van der Waals surface area contributed by atoms with E-state index >= 15 is 0 Å². The van der Waals surface area contributed by atoms with Crippen molar-refractivity contribution in [3.63, 3.8) is 0 Å². The maximum Gasteiger partial charge on any atom is 0.269 e. The monoisotopic (exact) mass is 274 g/mol. The van der Waals surface area contributed by atoms with Crippen molar-refractivity contribution in [1.82, 2.24) is 5.32 Å². The highest BCUT2D eigenvalue weighted by Crippen LogP contribution is 2.43. The molecule has 2 fully saturated rings. The van der Waals surface area contributed by atoms with E-state index in [1.807, 2.05) is 6.07 Å². The topological polar surface area (TPSA) is 55.2 Å². The summed E-state index contributed by atoms with van der Waals surface area (Å²) in [5.74, 6) is 1.92. The molecule has 2 atom stereocenters. The SMILES string of the molecule is O=[N+]([O-])c1cccc(CNC2CCCC(C3CC3)C2)c1. The van der Waals surface area contributed by atoms with Gasteiger partial charge in [0, 0.05) is 24.7 Å². The minimum absolute atomic E-state index is 0.184. The summed E-state index contributed by atoms with van der Waals surface area (Å²) in [6.45, 7) is 0.740. The molecule has 2 aliphatic carbocycles. The van der Waals surface area contributed by atoms with E-state index in [9.17, 15) is 10.1 Å². The summed E-state index contributed by atoms with van der Waals surface area (Å²) >= 11 is 0. The molecule has 1 aromatic rings. The van der Waals surface area contributed by atoms with Crippen molar-refractivity contribution < 1.29 is 4.92 Å². The lowest BCUT2D eigenvalue weighted by Gasteiger charge is -2.30. The molecule has 2 unspecified atom stereocenters. The molecule has 1 aromatic carbocycles. The van der Waals surface area contributed by atoms with E-state index in [0.29, 0.717) is 6.04 Å². The highest BCUT2D eigenvalue weighted by molar-refractivity contribution is 5.34. The second-order valence-electron chi connectivity index (χ2n) is 6.27. The molecule has 4 heteroatoms. The van der Waals surface area contributed by atoms with Crippen molar-refractivity contribution in [1.29, 1.82) is 0 Å². The van der Waals surface area contributed by atoms with Gasteiger partial charge in [-0.2, -0.15) is 0 Å². The molecule has 0 bridgehead atoms. The zero-order chi connectivity index (χ0) is 13.9. The second kappa shape index (κ2) is 5.92. The fourth-order valence-electron chi connectivity index (χ4n) is 3.45. The number of nitro groups is 1. The molecule has 1 N–H and O–H groups in total. The number of hydrogen-bond donors (Lipinski definition) is 1. The first-order chi connectivity index (χ1) is 9.72. The first kappa shape index (κ1) is 13.6. The van der Waals surface area contributed by atoms with Crippen LogP contribution in [0.2, 0.25) is 0 Å². The third-order valence-electron chi connectivity index (χ3n) is 4.72. The van der Waals surface area contributed by atoms with Gasteiger partial charge in [0.1, 0.15) is 0 Å². The summed E-state index contributed by atoms with van der Waals surface area (Å²) in [6, 6.07) is 7.54. The van der Waals surface area contributed by atoms with E-state index in [4.69, 9.17) is 0 Å². The van der Waals surface area contributed by atoms with Crippen LogP contribution in [0.15, 0.2) is 24.3 Å². The maximum atomic E-state index is 10.8. The van der Waals surface area contributed by atoms with Gasteiger partial charge in [0.2, 0.25) is 0 Å². The van der Waals surface area contributed by atoms with Gasteiger partial charge in [0.15, 0.2) is 0 Å². The second-order valence-corrected chi connectivity index (χ2v) is 6.27. The van der Waals surface area contributed by atoms with Crippen molar-refractivity contribution in [3.05, 3.63) is 39.9 Å². The molecule has 2 saturated carbocycles. The highest BCUT2D eigenvalue weighted by atomic mass is 16.6. The van der Waals surface area contributed by atoms with Gasteiger partial charge in [-0.05, 0) is 43.1 Å². The Kier molecular flexibility index (Phi) is 4.01. The Balaban J connectivity index is 1.53. The van der Waals surface area contributed by atoms with Gasteiger partial charge in [-0.1, -0.05) is 25.0 Å². The summed E-state index contributed by atoms with van der Waals surface area (Å²) in [4.78, 5) is 10.4. The number of nitrogens with zero attached hydrogens (tertiary/aromatic N) is 1. The molecule has 0 amide bonds. The molecular weight excluding hydrogens is 252 g/mol. The van der Waals surface area contributed by atoms with Crippen molar-refractivity contribution in [2.45, 2.75) is 51.1 Å². The van der Waals surface area contributed by atoms with Crippen LogP contribution in [0.5, 0.6) is 0 Å². The average Bonchev–Trinajstić information content (AvgIpc) is 3.30. The van der Waals surface area contributed by atoms with Crippen molar-refractivity contribution in [3.8, 4) is 0 Å². The van der Waals surface area contributed by atoms with Crippen LogP contribution in [0.3, 0.4) is 0 Å². The molecule has 20 heavy (non-hydrogen) atoms. The van der Waals surface area contributed by atoms with E-state index in [1.54, 1.807) is 18.2 Å². The Morgan fingerprint density at radius 1 is 1.20 bits per heavy atom. The number of non-ortho nitro benzene ring substituents is 1. The Morgan fingerprint density at radius 2 is 2.05 bits per heavy atom. The zero-order valence-corrected chi connectivity index (χ0v) is 11.8. The number of rotatable bonds is 5. The van der Waals surface area contributed by atoms with Crippen LogP contribution >= 0.6 is 0 Å². The molecular formula is C16H22N2O2. The summed E-state index contributed by atoms with van der Waals surface area (Å²) < 4.78 is 0. The van der Waals surface area contributed by atoms with Crippen molar-refractivity contribution >= 4 is 5.69 Å². The molecule has 3 rings (SSSR count). The molecule has 0 aliphatic heterocycles.